The molecule has 1 heterocycles. The molecule has 0 radical (unpaired) electrons. The van der Waals surface area contributed by atoms with Crippen molar-refractivity contribution in [1.82, 2.24) is 4.90 Å². The molecule has 2 nitrogen and oxygen atoms in total. The summed E-state index contributed by atoms with van der Waals surface area (Å²) in [7, 11) is 2.20. The number of nitrogens with zero attached hydrogens (tertiary/aromatic N) is 1. The van der Waals surface area contributed by atoms with Gasteiger partial charge in [-0.3, -0.25) is 0 Å². The molecule has 0 aromatic heterocycles. The van der Waals surface area contributed by atoms with Crippen LogP contribution in [-0.4, -0.2) is 37.8 Å². The Bertz CT molecular complexity index is 370. The molecular formula is C14H22N2S. The van der Waals surface area contributed by atoms with E-state index in [4.69, 9.17) is 5.73 Å². The van der Waals surface area contributed by atoms with Gasteiger partial charge in [0.15, 0.2) is 0 Å². The van der Waals surface area contributed by atoms with Crippen LogP contribution in [0.4, 0.5) is 0 Å². The molecule has 94 valence electrons. The molecule has 1 aromatic carbocycles. The van der Waals surface area contributed by atoms with Gasteiger partial charge in [-0.25, -0.2) is 0 Å². The first-order chi connectivity index (χ1) is 8.22. The molecule has 17 heavy (non-hydrogen) atoms. The minimum absolute atomic E-state index is 0.201. The fraction of sp³-hybridized carbons (Fsp3) is 0.571. The molecule has 2 rings (SSSR count). The molecule has 0 atom stereocenters. The van der Waals surface area contributed by atoms with Crippen molar-refractivity contribution in [2.24, 2.45) is 5.73 Å². The molecule has 0 saturated carbocycles. The van der Waals surface area contributed by atoms with Crippen LogP contribution < -0.4 is 5.73 Å². The second-order valence-corrected chi connectivity index (χ2v) is 5.84. The van der Waals surface area contributed by atoms with Crippen molar-refractivity contribution < 1.29 is 0 Å². The van der Waals surface area contributed by atoms with Crippen LogP contribution >= 0.6 is 11.8 Å². The van der Waals surface area contributed by atoms with Crippen LogP contribution in [0.5, 0.6) is 0 Å². The highest BCUT2D eigenvalue weighted by atomic mass is 32.2. The average molecular weight is 250 g/mol. The third-order valence-corrected chi connectivity index (χ3v) is 4.81. The lowest BCUT2D eigenvalue weighted by molar-refractivity contribution is 0.190. The van der Waals surface area contributed by atoms with E-state index in [1.165, 1.54) is 23.3 Å². The minimum Gasteiger partial charge on any atom is -0.330 e. The maximum Gasteiger partial charge on any atom is 0.0111 e. The van der Waals surface area contributed by atoms with Gasteiger partial charge in [-0.15, -0.1) is 11.8 Å². The van der Waals surface area contributed by atoms with Crippen molar-refractivity contribution in [3.05, 3.63) is 29.8 Å². The quantitative estimate of drug-likeness (QED) is 0.835. The van der Waals surface area contributed by atoms with Crippen molar-refractivity contribution in [2.45, 2.75) is 23.2 Å². The monoisotopic (exact) mass is 250 g/mol. The molecule has 0 spiro atoms. The van der Waals surface area contributed by atoms with E-state index in [-0.39, 0.29) is 5.41 Å². The van der Waals surface area contributed by atoms with Crippen molar-refractivity contribution in [3.8, 4) is 0 Å². The Morgan fingerprint density at radius 3 is 2.53 bits per heavy atom. The van der Waals surface area contributed by atoms with Gasteiger partial charge in [0, 0.05) is 16.9 Å². The van der Waals surface area contributed by atoms with Crippen molar-refractivity contribution in [1.29, 1.82) is 0 Å². The predicted molar refractivity (Wildman–Crippen MR) is 75.7 cm³/mol. The van der Waals surface area contributed by atoms with Gasteiger partial charge in [0.1, 0.15) is 0 Å². The molecule has 0 unspecified atom stereocenters. The zero-order valence-corrected chi connectivity index (χ0v) is 11.6. The zero-order chi connectivity index (χ0) is 12.3. The van der Waals surface area contributed by atoms with E-state index < -0.39 is 0 Å². The first kappa shape index (κ1) is 12.9. The van der Waals surface area contributed by atoms with Crippen LogP contribution in [0, 0.1) is 0 Å². The van der Waals surface area contributed by atoms with Gasteiger partial charge in [0.05, 0.1) is 0 Å². The lowest BCUT2D eigenvalue weighted by atomic mass is 9.73. The highest BCUT2D eigenvalue weighted by molar-refractivity contribution is 7.98. The molecule has 2 N–H and O–H groups in total. The molecule has 1 aromatic rings. The van der Waals surface area contributed by atoms with Crippen molar-refractivity contribution in [2.75, 3.05) is 32.9 Å². The fourth-order valence-corrected chi connectivity index (χ4v) is 3.43. The normalized spacial score (nSPS) is 20.4. The third-order valence-electron chi connectivity index (χ3n) is 4.01. The molecule has 0 bridgehead atoms. The Balaban J connectivity index is 2.34. The number of nitrogens with two attached hydrogens (primary N) is 1. The molecule has 1 aliphatic heterocycles. The topological polar surface area (TPSA) is 29.3 Å². The van der Waals surface area contributed by atoms with Crippen molar-refractivity contribution >= 4 is 11.8 Å². The average Bonchev–Trinajstić information content (AvgIpc) is 2.40. The predicted octanol–water partition coefficient (Wildman–Crippen LogP) is 2.33. The fourth-order valence-electron chi connectivity index (χ4n) is 2.71. The number of thioether (sulfide) groups is 1. The van der Waals surface area contributed by atoms with Gasteiger partial charge < -0.3 is 10.6 Å². The van der Waals surface area contributed by atoms with E-state index in [0.29, 0.717) is 0 Å². The number of rotatable bonds is 3. The highest BCUT2D eigenvalue weighted by Crippen LogP contribution is 2.38. The summed E-state index contributed by atoms with van der Waals surface area (Å²) in [6, 6.07) is 8.75. The summed E-state index contributed by atoms with van der Waals surface area (Å²) < 4.78 is 0. The van der Waals surface area contributed by atoms with E-state index in [9.17, 15) is 0 Å². The van der Waals surface area contributed by atoms with E-state index >= 15 is 0 Å². The SMILES string of the molecule is CSc1ccccc1C1(CN)CCN(C)CC1. The standard InChI is InChI=1S/C14H22N2S/c1-16-9-7-14(11-15,8-10-16)12-5-3-4-6-13(12)17-2/h3-6H,7-11,15H2,1-2H3. The smallest absolute Gasteiger partial charge is 0.0111 e. The van der Waals surface area contributed by atoms with Crippen LogP contribution in [-0.2, 0) is 5.41 Å². The summed E-state index contributed by atoms with van der Waals surface area (Å²) in [6.45, 7) is 3.07. The molecule has 0 amide bonds. The molecule has 0 aliphatic carbocycles. The second kappa shape index (κ2) is 5.42. The highest BCUT2D eigenvalue weighted by Gasteiger charge is 2.35. The van der Waals surface area contributed by atoms with Gasteiger partial charge in [-0.05, 0) is 50.9 Å². The first-order valence-electron chi connectivity index (χ1n) is 6.24. The Labute approximate surface area is 109 Å². The molecular weight excluding hydrogens is 228 g/mol. The summed E-state index contributed by atoms with van der Waals surface area (Å²) in [6.07, 6.45) is 4.51. The van der Waals surface area contributed by atoms with Gasteiger partial charge >= 0.3 is 0 Å². The number of piperidine rings is 1. The Kier molecular flexibility index (Phi) is 4.13. The van der Waals surface area contributed by atoms with E-state index in [1.54, 1.807) is 0 Å². The number of hydrogen-bond donors (Lipinski definition) is 1. The maximum atomic E-state index is 6.11. The lowest BCUT2D eigenvalue weighted by Crippen LogP contribution is -2.45. The molecule has 1 aliphatic rings. The summed E-state index contributed by atoms with van der Waals surface area (Å²) in [5.74, 6) is 0. The number of benzene rings is 1. The van der Waals surface area contributed by atoms with Crippen LogP contribution in [0.3, 0.4) is 0 Å². The summed E-state index contributed by atoms with van der Waals surface area (Å²) in [5, 5.41) is 0. The van der Waals surface area contributed by atoms with Crippen molar-refractivity contribution in [3.63, 3.8) is 0 Å². The van der Waals surface area contributed by atoms with Crippen LogP contribution in [0.2, 0.25) is 0 Å². The number of likely N-dealkylation sites (tertiary alicyclic amines) is 1. The first-order valence-corrected chi connectivity index (χ1v) is 7.46. The van der Waals surface area contributed by atoms with Gasteiger partial charge in [-0.2, -0.15) is 0 Å². The van der Waals surface area contributed by atoms with Crippen LogP contribution in [0.15, 0.2) is 29.2 Å². The largest absolute Gasteiger partial charge is 0.330 e. The molecule has 3 heteroatoms. The Morgan fingerprint density at radius 2 is 1.94 bits per heavy atom. The van der Waals surface area contributed by atoms with E-state index in [1.807, 2.05) is 11.8 Å². The Morgan fingerprint density at radius 1 is 1.29 bits per heavy atom. The van der Waals surface area contributed by atoms with Gasteiger partial charge in [-0.1, -0.05) is 18.2 Å². The summed E-state index contributed by atoms with van der Waals surface area (Å²) in [4.78, 5) is 3.79. The van der Waals surface area contributed by atoms with Gasteiger partial charge in [0.2, 0.25) is 0 Å². The lowest BCUT2D eigenvalue weighted by Gasteiger charge is -2.41. The minimum atomic E-state index is 0.201. The number of hydrogen-bond acceptors (Lipinski definition) is 3. The maximum absolute atomic E-state index is 6.11. The third kappa shape index (κ3) is 2.51. The van der Waals surface area contributed by atoms with Crippen LogP contribution in [0.25, 0.3) is 0 Å². The van der Waals surface area contributed by atoms with Crippen LogP contribution in [0.1, 0.15) is 18.4 Å². The summed E-state index contributed by atoms with van der Waals surface area (Å²) in [5.41, 5.74) is 7.77. The van der Waals surface area contributed by atoms with Gasteiger partial charge in [0.25, 0.3) is 0 Å². The zero-order valence-electron chi connectivity index (χ0n) is 10.8. The molecule has 1 fully saturated rings. The van der Waals surface area contributed by atoms with E-state index in [2.05, 4.69) is 42.5 Å². The summed E-state index contributed by atoms with van der Waals surface area (Å²) >= 11 is 1.83. The molecule has 1 saturated heterocycles. The second-order valence-electron chi connectivity index (χ2n) is 4.99. The van der Waals surface area contributed by atoms with E-state index in [0.717, 1.165) is 19.6 Å². The Hall–Kier alpha value is -0.510.